The van der Waals surface area contributed by atoms with Crippen molar-refractivity contribution in [3.8, 4) is 0 Å². The van der Waals surface area contributed by atoms with Crippen LogP contribution < -0.4 is 10.2 Å². The third-order valence-corrected chi connectivity index (χ3v) is 6.44. The van der Waals surface area contributed by atoms with Crippen LogP contribution in [0, 0.1) is 0 Å². The number of morpholine rings is 1. The first-order chi connectivity index (χ1) is 12.9. The molecule has 2 amide bonds. The normalized spacial score (nSPS) is 24.6. The van der Waals surface area contributed by atoms with Crippen molar-refractivity contribution >= 4 is 40.3 Å². The minimum atomic E-state index is -0.550. The van der Waals surface area contributed by atoms with E-state index in [1.165, 1.54) is 4.90 Å². The van der Waals surface area contributed by atoms with Crippen molar-refractivity contribution in [3.63, 3.8) is 0 Å². The van der Waals surface area contributed by atoms with E-state index in [4.69, 9.17) is 9.47 Å². The first-order valence-electron chi connectivity index (χ1n) is 8.98. The highest BCUT2D eigenvalue weighted by Crippen LogP contribution is 2.30. The highest BCUT2D eigenvalue weighted by Gasteiger charge is 2.40. The van der Waals surface area contributed by atoms with E-state index < -0.39 is 12.2 Å². The van der Waals surface area contributed by atoms with Crippen LogP contribution in [0.25, 0.3) is 0 Å². The highest BCUT2D eigenvalue weighted by molar-refractivity contribution is 14.1. The van der Waals surface area contributed by atoms with Crippen molar-refractivity contribution < 1.29 is 28.7 Å². The number of rotatable bonds is 6. The van der Waals surface area contributed by atoms with Crippen LogP contribution >= 0.6 is 22.6 Å². The number of hydrogen-bond acceptors (Lipinski definition) is 5. The molecule has 2 N–H and O–H groups in total. The zero-order chi connectivity index (χ0) is 19.4. The molecule has 3 rings (SSSR count). The van der Waals surface area contributed by atoms with Gasteiger partial charge in [0.05, 0.1) is 40.0 Å². The summed E-state index contributed by atoms with van der Waals surface area (Å²) >= 11 is 2.07. The molecule has 27 heavy (non-hydrogen) atoms. The van der Waals surface area contributed by atoms with E-state index >= 15 is 0 Å². The summed E-state index contributed by atoms with van der Waals surface area (Å²) in [5, 5.41) is 12.2. The zero-order valence-electron chi connectivity index (χ0n) is 15.3. The lowest BCUT2D eigenvalue weighted by atomic mass is 10.2. The van der Waals surface area contributed by atoms with Crippen molar-refractivity contribution in [2.45, 2.75) is 10.2 Å². The SMILES string of the molecule is C[N+]1(CCNC(=O)c2ccc(N3C(=O)OC(CO)[C@H]3I)cc2)CCOCC1. The molecule has 0 spiro atoms. The third-order valence-electron chi connectivity index (χ3n) is 5.08. The number of carbonyl (C=O) groups is 2. The van der Waals surface area contributed by atoms with E-state index in [9.17, 15) is 14.7 Å². The second kappa shape index (κ2) is 8.72. The van der Waals surface area contributed by atoms with Gasteiger partial charge in [-0.2, -0.15) is 0 Å². The largest absolute Gasteiger partial charge is 0.440 e. The van der Waals surface area contributed by atoms with E-state index in [2.05, 4.69) is 35.0 Å². The summed E-state index contributed by atoms with van der Waals surface area (Å²) in [4.78, 5) is 25.8. The Morgan fingerprint density at radius 3 is 2.59 bits per heavy atom. The van der Waals surface area contributed by atoms with Gasteiger partial charge < -0.3 is 24.4 Å². The second-order valence-corrected chi connectivity index (χ2v) is 8.33. The minimum Gasteiger partial charge on any atom is -0.440 e. The molecule has 148 valence electrons. The van der Waals surface area contributed by atoms with E-state index in [-0.39, 0.29) is 16.6 Å². The number of anilines is 1. The van der Waals surface area contributed by atoms with Crippen LogP contribution in [0.2, 0.25) is 0 Å². The summed E-state index contributed by atoms with van der Waals surface area (Å²) in [5.74, 6) is -0.135. The molecule has 1 aromatic rings. The molecule has 1 unspecified atom stereocenters. The van der Waals surface area contributed by atoms with Crippen LogP contribution in [-0.2, 0) is 9.47 Å². The van der Waals surface area contributed by atoms with Crippen molar-refractivity contribution in [2.75, 3.05) is 57.9 Å². The molecule has 2 saturated heterocycles. The monoisotopic (exact) mass is 490 g/mol. The summed E-state index contributed by atoms with van der Waals surface area (Å²) in [7, 11) is 2.18. The molecular weight excluding hydrogens is 465 g/mol. The summed E-state index contributed by atoms with van der Waals surface area (Å²) in [6.07, 6.45) is -1.04. The molecule has 0 aliphatic carbocycles. The van der Waals surface area contributed by atoms with Gasteiger partial charge in [0.1, 0.15) is 17.1 Å². The number of alkyl halides is 1. The number of amides is 2. The van der Waals surface area contributed by atoms with Gasteiger partial charge in [-0.1, -0.05) is 22.6 Å². The predicted molar refractivity (Wildman–Crippen MR) is 108 cm³/mol. The molecule has 0 aromatic heterocycles. The fourth-order valence-electron chi connectivity index (χ4n) is 3.20. The molecule has 2 aliphatic heterocycles. The van der Waals surface area contributed by atoms with E-state index in [0.717, 1.165) is 37.3 Å². The smallest absolute Gasteiger partial charge is 0.415 e. The molecule has 0 bridgehead atoms. The number of nitrogens with zero attached hydrogens (tertiary/aromatic N) is 2. The number of likely N-dealkylation sites (N-methyl/N-ethyl adjacent to an activating group) is 1. The van der Waals surface area contributed by atoms with Crippen LogP contribution in [0.15, 0.2) is 24.3 Å². The Balaban J connectivity index is 1.55. The molecule has 9 heteroatoms. The number of nitrogens with one attached hydrogen (secondary N) is 1. The van der Waals surface area contributed by atoms with Crippen LogP contribution in [0.5, 0.6) is 0 Å². The maximum absolute atomic E-state index is 12.4. The average Bonchev–Trinajstić information content (AvgIpc) is 2.95. The number of cyclic esters (lactones) is 1. The summed E-state index contributed by atoms with van der Waals surface area (Å²) in [5.41, 5.74) is 1.18. The second-order valence-electron chi connectivity index (χ2n) is 7.05. The van der Waals surface area contributed by atoms with Gasteiger partial charge >= 0.3 is 6.09 Å². The number of ether oxygens (including phenoxy) is 2. The summed E-state index contributed by atoms with van der Waals surface area (Å²) in [6.45, 7) is 4.69. The Kier molecular flexibility index (Phi) is 6.56. The minimum absolute atomic E-state index is 0.135. The number of hydrogen-bond donors (Lipinski definition) is 2. The molecule has 2 fully saturated rings. The van der Waals surface area contributed by atoms with Gasteiger partial charge in [-0.25, -0.2) is 4.79 Å². The standard InChI is InChI=1S/C18H24IN3O5/c1-22(8-10-26-11-9-22)7-6-20-17(24)13-2-4-14(5-3-13)21-16(19)15(12-23)27-18(21)25/h2-5,15-16,23H,6-12H2,1H3/p+1/t15?,16-/m0/s1. The number of benzene rings is 1. The fourth-order valence-corrected chi connectivity index (χ4v) is 4.13. The summed E-state index contributed by atoms with van der Waals surface area (Å²) < 4.78 is 11.1. The van der Waals surface area contributed by atoms with Gasteiger partial charge in [-0.15, -0.1) is 0 Å². The Morgan fingerprint density at radius 2 is 2.00 bits per heavy atom. The molecule has 2 heterocycles. The number of quaternary nitrogens is 1. The molecule has 2 atom stereocenters. The number of halogens is 1. The molecule has 0 radical (unpaired) electrons. The Morgan fingerprint density at radius 1 is 1.33 bits per heavy atom. The van der Waals surface area contributed by atoms with Crippen molar-refractivity contribution in [3.05, 3.63) is 29.8 Å². The lowest BCUT2D eigenvalue weighted by Crippen LogP contribution is -2.54. The fraction of sp³-hybridized carbons (Fsp3) is 0.556. The van der Waals surface area contributed by atoms with Gasteiger partial charge in [0.25, 0.3) is 5.91 Å². The molecule has 1 aromatic carbocycles. The van der Waals surface area contributed by atoms with Gasteiger partial charge in [0.2, 0.25) is 0 Å². The van der Waals surface area contributed by atoms with Crippen molar-refractivity contribution in [1.29, 1.82) is 0 Å². The number of aliphatic hydroxyl groups is 1. The molecular formula is C18H25IN3O5+. The van der Waals surface area contributed by atoms with E-state index in [1.54, 1.807) is 24.3 Å². The topological polar surface area (TPSA) is 88.1 Å². The van der Waals surface area contributed by atoms with Crippen molar-refractivity contribution in [1.82, 2.24) is 5.32 Å². The average molecular weight is 490 g/mol. The van der Waals surface area contributed by atoms with Crippen LogP contribution in [0.1, 0.15) is 10.4 Å². The quantitative estimate of drug-likeness (QED) is 0.269. The lowest BCUT2D eigenvalue weighted by Gasteiger charge is -2.37. The third kappa shape index (κ3) is 4.71. The van der Waals surface area contributed by atoms with Gasteiger partial charge in [0.15, 0.2) is 6.10 Å². The Labute approximate surface area is 172 Å². The maximum atomic E-state index is 12.4. The van der Waals surface area contributed by atoms with Gasteiger partial charge in [-0.3, -0.25) is 9.69 Å². The van der Waals surface area contributed by atoms with Gasteiger partial charge in [0, 0.05) is 11.3 Å². The Hall–Kier alpha value is -1.43. The van der Waals surface area contributed by atoms with E-state index in [1.807, 2.05) is 0 Å². The molecule has 0 saturated carbocycles. The van der Waals surface area contributed by atoms with Crippen LogP contribution in [0.3, 0.4) is 0 Å². The van der Waals surface area contributed by atoms with E-state index in [0.29, 0.717) is 17.8 Å². The van der Waals surface area contributed by atoms with Crippen molar-refractivity contribution in [2.24, 2.45) is 0 Å². The molecule has 2 aliphatic rings. The number of carbonyl (C=O) groups excluding carboxylic acids is 2. The zero-order valence-corrected chi connectivity index (χ0v) is 17.4. The lowest BCUT2D eigenvalue weighted by molar-refractivity contribution is -0.915. The van der Waals surface area contributed by atoms with Crippen LogP contribution in [-0.4, -0.2) is 84.8 Å². The Bertz CT molecular complexity index is 678. The highest BCUT2D eigenvalue weighted by atomic mass is 127. The predicted octanol–water partition coefficient (Wildman–Crippen LogP) is 0.972. The van der Waals surface area contributed by atoms with Gasteiger partial charge in [-0.05, 0) is 24.3 Å². The maximum Gasteiger partial charge on any atom is 0.415 e. The summed E-state index contributed by atoms with van der Waals surface area (Å²) in [6, 6.07) is 6.83. The first-order valence-corrected chi connectivity index (χ1v) is 10.2. The first kappa shape index (κ1) is 20.3. The molecule has 8 nitrogen and oxygen atoms in total. The van der Waals surface area contributed by atoms with Crippen LogP contribution in [0.4, 0.5) is 10.5 Å². The number of aliphatic hydroxyl groups excluding tert-OH is 1.